The number of nitrogens with zero attached hydrogens (tertiary/aromatic N) is 3. The van der Waals surface area contributed by atoms with Crippen LogP contribution in [0.4, 0.5) is 5.69 Å². The van der Waals surface area contributed by atoms with Gasteiger partial charge in [-0.1, -0.05) is 0 Å². The van der Waals surface area contributed by atoms with Crippen LogP contribution >= 0.6 is 0 Å². The molecule has 1 fully saturated rings. The quantitative estimate of drug-likeness (QED) is 0.584. The number of nitro groups is 1. The molecule has 0 spiro atoms. The monoisotopic (exact) mass is 210 g/mol. The first-order chi connectivity index (χ1) is 7.20. The third kappa shape index (κ3) is 1.85. The maximum absolute atomic E-state index is 10.7. The molecule has 1 aliphatic rings. The highest BCUT2D eigenvalue weighted by atomic mass is 16.6. The molecule has 1 aliphatic heterocycles. The predicted molar refractivity (Wildman–Crippen MR) is 54.8 cm³/mol. The Hall–Kier alpha value is -1.43. The summed E-state index contributed by atoms with van der Waals surface area (Å²) in [5.74, 6) is 0. The average molecular weight is 210 g/mol. The summed E-state index contributed by atoms with van der Waals surface area (Å²) in [6.07, 6.45) is 3.47. The number of rotatable bonds is 2. The molecule has 0 aliphatic carbocycles. The summed E-state index contributed by atoms with van der Waals surface area (Å²) in [4.78, 5) is 10.3. The normalized spacial score (nSPS) is 21.5. The molecule has 1 saturated heterocycles. The molecule has 0 aromatic carbocycles. The van der Waals surface area contributed by atoms with Crippen molar-refractivity contribution in [2.45, 2.75) is 25.8 Å². The topological polar surface area (TPSA) is 73.0 Å². The summed E-state index contributed by atoms with van der Waals surface area (Å²) < 4.78 is 1.77. The van der Waals surface area contributed by atoms with Crippen molar-refractivity contribution < 1.29 is 4.92 Å². The van der Waals surface area contributed by atoms with E-state index in [1.165, 1.54) is 6.20 Å². The summed E-state index contributed by atoms with van der Waals surface area (Å²) >= 11 is 0. The standard InChI is InChI=1S/C9H14N4O2/c1-7-9(13(14)15)6-11-12(7)8-3-2-4-10-5-8/h6,8,10H,2-5H2,1H3. The molecule has 1 unspecified atom stereocenters. The van der Waals surface area contributed by atoms with Crippen LogP contribution in [0.25, 0.3) is 0 Å². The molecule has 1 atom stereocenters. The van der Waals surface area contributed by atoms with Crippen LogP contribution in [0.3, 0.4) is 0 Å². The van der Waals surface area contributed by atoms with Gasteiger partial charge < -0.3 is 5.32 Å². The largest absolute Gasteiger partial charge is 0.315 e. The van der Waals surface area contributed by atoms with E-state index in [2.05, 4.69) is 10.4 Å². The van der Waals surface area contributed by atoms with Crippen molar-refractivity contribution in [3.05, 3.63) is 22.0 Å². The average Bonchev–Trinajstić information content (AvgIpc) is 2.61. The summed E-state index contributed by atoms with van der Waals surface area (Å²) in [5, 5.41) is 18.0. The Morgan fingerprint density at radius 2 is 2.53 bits per heavy atom. The SMILES string of the molecule is Cc1c([N+](=O)[O-])cnn1C1CCCNC1. The highest BCUT2D eigenvalue weighted by Crippen LogP contribution is 2.23. The first kappa shape index (κ1) is 10.1. The molecule has 6 heteroatoms. The Kier molecular flexibility index (Phi) is 2.68. The van der Waals surface area contributed by atoms with Crippen LogP contribution in [0.2, 0.25) is 0 Å². The van der Waals surface area contributed by atoms with Gasteiger partial charge in [-0.25, -0.2) is 0 Å². The molecular weight excluding hydrogens is 196 g/mol. The number of hydrogen-bond acceptors (Lipinski definition) is 4. The summed E-state index contributed by atoms with van der Waals surface area (Å²) in [6, 6.07) is 0.257. The zero-order valence-corrected chi connectivity index (χ0v) is 8.64. The fourth-order valence-corrected chi connectivity index (χ4v) is 2.00. The lowest BCUT2D eigenvalue weighted by Crippen LogP contribution is -2.32. The summed E-state index contributed by atoms with van der Waals surface area (Å²) in [7, 11) is 0. The molecule has 1 aromatic heterocycles. The molecular formula is C9H14N4O2. The maximum Gasteiger partial charge on any atom is 0.309 e. The van der Waals surface area contributed by atoms with Gasteiger partial charge in [0.1, 0.15) is 11.9 Å². The zero-order valence-electron chi connectivity index (χ0n) is 8.64. The second kappa shape index (κ2) is 3.98. The second-order valence-electron chi connectivity index (χ2n) is 3.82. The first-order valence-electron chi connectivity index (χ1n) is 5.09. The van der Waals surface area contributed by atoms with Crippen molar-refractivity contribution in [2.75, 3.05) is 13.1 Å². The van der Waals surface area contributed by atoms with Crippen LogP contribution in [0.15, 0.2) is 6.20 Å². The zero-order chi connectivity index (χ0) is 10.8. The Bertz CT molecular complexity index is 368. The van der Waals surface area contributed by atoms with Crippen molar-refractivity contribution in [1.82, 2.24) is 15.1 Å². The fourth-order valence-electron chi connectivity index (χ4n) is 2.00. The van der Waals surface area contributed by atoms with Gasteiger partial charge in [0.25, 0.3) is 0 Å². The highest BCUT2D eigenvalue weighted by Gasteiger charge is 2.22. The molecule has 2 rings (SSSR count). The third-order valence-corrected chi connectivity index (χ3v) is 2.83. The van der Waals surface area contributed by atoms with Gasteiger partial charge in [0, 0.05) is 6.54 Å². The number of aromatic nitrogens is 2. The lowest BCUT2D eigenvalue weighted by atomic mass is 10.1. The van der Waals surface area contributed by atoms with E-state index in [0.29, 0.717) is 5.69 Å². The van der Waals surface area contributed by atoms with E-state index in [9.17, 15) is 10.1 Å². The van der Waals surface area contributed by atoms with E-state index in [0.717, 1.165) is 25.9 Å². The molecule has 2 heterocycles. The minimum atomic E-state index is -0.380. The highest BCUT2D eigenvalue weighted by molar-refractivity contribution is 5.31. The van der Waals surface area contributed by atoms with Crippen LogP contribution in [0, 0.1) is 17.0 Å². The molecule has 82 valence electrons. The minimum absolute atomic E-state index is 0.112. The first-order valence-corrected chi connectivity index (χ1v) is 5.09. The molecule has 15 heavy (non-hydrogen) atoms. The Balaban J connectivity index is 2.24. The number of piperidine rings is 1. The van der Waals surface area contributed by atoms with E-state index < -0.39 is 0 Å². The molecule has 0 radical (unpaired) electrons. The van der Waals surface area contributed by atoms with Gasteiger partial charge in [-0.05, 0) is 26.3 Å². The Labute approximate surface area is 87.4 Å². The van der Waals surface area contributed by atoms with Gasteiger partial charge >= 0.3 is 5.69 Å². The van der Waals surface area contributed by atoms with E-state index in [4.69, 9.17) is 0 Å². The van der Waals surface area contributed by atoms with Gasteiger partial charge in [-0.15, -0.1) is 0 Å². The fraction of sp³-hybridized carbons (Fsp3) is 0.667. The van der Waals surface area contributed by atoms with Crippen LogP contribution in [0.1, 0.15) is 24.6 Å². The molecule has 1 aromatic rings. The van der Waals surface area contributed by atoms with Crippen LogP contribution in [-0.4, -0.2) is 27.8 Å². The predicted octanol–water partition coefficient (Wildman–Crippen LogP) is 1.02. The van der Waals surface area contributed by atoms with Crippen LogP contribution in [0.5, 0.6) is 0 Å². The van der Waals surface area contributed by atoms with Gasteiger partial charge in [-0.3, -0.25) is 14.8 Å². The van der Waals surface area contributed by atoms with Crippen molar-refractivity contribution in [2.24, 2.45) is 0 Å². The molecule has 0 amide bonds. The second-order valence-corrected chi connectivity index (χ2v) is 3.82. The lowest BCUT2D eigenvalue weighted by molar-refractivity contribution is -0.385. The van der Waals surface area contributed by atoms with E-state index in [1.54, 1.807) is 11.6 Å². The maximum atomic E-state index is 10.7. The Morgan fingerprint density at radius 3 is 3.07 bits per heavy atom. The minimum Gasteiger partial charge on any atom is -0.315 e. The van der Waals surface area contributed by atoms with Crippen LogP contribution < -0.4 is 5.32 Å². The molecule has 0 saturated carbocycles. The van der Waals surface area contributed by atoms with Crippen molar-refractivity contribution >= 4 is 5.69 Å². The number of nitrogens with one attached hydrogen (secondary N) is 1. The third-order valence-electron chi connectivity index (χ3n) is 2.83. The lowest BCUT2D eigenvalue weighted by Gasteiger charge is -2.23. The Morgan fingerprint density at radius 1 is 1.73 bits per heavy atom. The van der Waals surface area contributed by atoms with Crippen molar-refractivity contribution in [1.29, 1.82) is 0 Å². The van der Waals surface area contributed by atoms with E-state index in [-0.39, 0.29) is 16.7 Å². The van der Waals surface area contributed by atoms with Crippen molar-refractivity contribution in [3.8, 4) is 0 Å². The molecule has 1 N–H and O–H groups in total. The van der Waals surface area contributed by atoms with Gasteiger partial charge in [0.05, 0.1) is 11.0 Å². The smallest absolute Gasteiger partial charge is 0.309 e. The van der Waals surface area contributed by atoms with Crippen LogP contribution in [-0.2, 0) is 0 Å². The molecule has 6 nitrogen and oxygen atoms in total. The van der Waals surface area contributed by atoms with E-state index >= 15 is 0 Å². The number of hydrogen-bond donors (Lipinski definition) is 1. The van der Waals surface area contributed by atoms with Crippen molar-refractivity contribution in [3.63, 3.8) is 0 Å². The molecule has 0 bridgehead atoms. The summed E-state index contributed by atoms with van der Waals surface area (Å²) in [6.45, 7) is 3.62. The van der Waals surface area contributed by atoms with Gasteiger partial charge in [0.2, 0.25) is 0 Å². The summed E-state index contributed by atoms with van der Waals surface area (Å²) in [5.41, 5.74) is 0.759. The van der Waals surface area contributed by atoms with E-state index in [1.807, 2.05) is 0 Å². The van der Waals surface area contributed by atoms with Gasteiger partial charge in [-0.2, -0.15) is 5.10 Å². The van der Waals surface area contributed by atoms with Gasteiger partial charge in [0.15, 0.2) is 0 Å².